The van der Waals surface area contributed by atoms with Crippen molar-refractivity contribution in [3.05, 3.63) is 63.6 Å². The third kappa shape index (κ3) is 4.31. The van der Waals surface area contributed by atoms with Crippen LogP contribution in [0.4, 0.5) is 19.3 Å². The molecule has 0 fully saturated rings. The fraction of sp³-hybridized carbons (Fsp3) is 0.0714. The Morgan fingerprint density at radius 3 is 2.57 bits per heavy atom. The molecule has 3 nitrogen and oxygen atoms in total. The molecule has 0 bridgehead atoms. The van der Waals surface area contributed by atoms with Crippen molar-refractivity contribution >= 4 is 34.9 Å². The Balaban J connectivity index is 1.97. The topological polar surface area (TPSA) is 41.1 Å². The lowest BCUT2D eigenvalue weighted by atomic mass is 10.2. The maximum atomic E-state index is 13.4. The van der Waals surface area contributed by atoms with Gasteiger partial charge in [-0.2, -0.15) is 0 Å². The molecule has 0 aromatic heterocycles. The Hall–Kier alpha value is -1.85. The van der Waals surface area contributed by atoms with Gasteiger partial charge in [-0.05, 0) is 29.8 Å². The van der Waals surface area contributed by atoms with E-state index in [9.17, 15) is 13.6 Å². The van der Waals surface area contributed by atoms with Gasteiger partial charge in [-0.15, -0.1) is 0 Å². The van der Waals surface area contributed by atoms with Crippen LogP contribution < -0.4 is 10.6 Å². The van der Waals surface area contributed by atoms with Gasteiger partial charge < -0.3 is 10.6 Å². The molecule has 0 atom stereocenters. The molecule has 0 saturated carbocycles. The molecule has 2 rings (SSSR count). The van der Waals surface area contributed by atoms with E-state index in [-0.39, 0.29) is 12.2 Å². The number of benzene rings is 2. The van der Waals surface area contributed by atoms with Crippen LogP contribution in [0.15, 0.2) is 36.4 Å². The molecule has 2 amide bonds. The first kappa shape index (κ1) is 15.5. The molecular weight excluding hydrogens is 321 g/mol. The third-order valence-corrected chi connectivity index (χ3v) is 3.22. The summed E-state index contributed by atoms with van der Waals surface area (Å²) < 4.78 is 26.3. The van der Waals surface area contributed by atoms with E-state index < -0.39 is 17.7 Å². The van der Waals surface area contributed by atoms with Crippen LogP contribution >= 0.6 is 23.2 Å². The second-order valence-electron chi connectivity index (χ2n) is 4.17. The Morgan fingerprint density at radius 2 is 1.86 bits per heavy atom. The zero-order valence-corrected chi connectivity index (χ0v) is 12.1. The number of halogens is 4. The fourth-order valence-electron chi connectivity index (χ4n) is 1.60. The maximum Gasteiger partial charge on any atom is 0.319 e. The van der Waals surface area contributed by atoms with E-state index in [0.717, 1.165) is 18.2 Å². The molecule has 0 heterocycles. The highest BCUT2D eigenvalue weighted by Gasteiger charge is 2.09. The van der Waals surface area contributed by atoms with E-state index in [1.165, 1.54) is 0 Å². The minimum absolute atomic E-state index is 0.124. The predicted octanol–water partition coefficient (Wildman–Crippen LogP) is 4.59. The van der Waals surface area contributed by atoms with Crippen molar-refractivity contribution in [2.24, 2.45) is 0 Å². The normalized spacial score (nSPS) is 10.3. The lowest BCUT2D eigenvalue weighted by Gasteiger charge is -2.09. The van der Waals surface area contributed by atoms with E-state index >= 15 is 0 Å². The molecule has 0 radical (unpaired) electrons. The molecule has 2 aromatic rings. The Kier molecular flexibility index (Phi) is 4.98. The molecule has 0 aliphatic rings. The van der Waals surface area contributed by atoms with Gasteiger partial charge in [0.25, 0.3) is 0 Å². The number of hydrogen-bond acceptors (Lipinski definition) is 1. The summed E-state index contributed by atoms with van der Waals surface area (Å²) in [6.45, 7) is 0.124. The van der Waals surface area contributed by atoms with Crippen LogP contribution in [0, 0.1) is 11.6 Å². The predicted molar refractivity (Wildman–Crippen MR) is 78.7 cm³/mol. The molecule has 7 heteroatoms. The van der Waals surface area contributed by atoms with E-state index in [4.69, 9.17) is 23.2 Å². The summed E-state index contributed by atoms with van der Waals surface area (Å²) in [6, 6.07) is 6.95. The van der Waals surface area contributed by atoms with Crippen LogP contribution in [0.5, 0.6) is 0 Å². The van der Waals surface area contributed by atoms with Crippen LogP contribution in [-0.4, -0.2) is 6.03 Å². The Labute approximate surface area is 129 Å². The smallest absolute Gasteiger partial charge is 0.319 e. The van der Waals surface area contributed by atoms with Gasteiger partial charge in [-0.1, -0.05) is 29.3 Å². The first-order valence-electron chi connectivity index (χ1n) is 5.89. The van der Waals surface area contributed by atoms with Crippen LogP contribution in [0.2, 0.25) is 10.0 Å². The molecule has 110 valence electrons. The highest BCUT2D eigenvalue weighted by atomic mass is 35.5. The molecular formula is C14H10Cl2F2N2O. The highest BCUT2D eigenvalue weighted by molar-refractivity contribution is 6.35. The van der Waals surface area contributed by atoms with Crippen LogP contribution in [0.3, 0.4) is 0 Å². The van der Waals surface area contributed by atoms with Gasteiger partial charge >= 0.3 is 6.03 Å². The number of anilines is 1. The SMILES string of the molecule is O=C(NCc1ccc(Cl)cc1Cl)Nc1cc(F)ccc1F. The van der Waals surface area contributed by atoms with Gasteiger partial charge in [-0.25, -0.2) is 13.6 Å². The molecule has 2 N–H and O–H groups in total. The summed E-state index contributed by atoms with van der Waals surface area (Å²) >= 11 is 11.7. The van der Waals surface area contributed by atoms with Crippen LogP contribution in [0.25, 0.3) is 0 Å². The minimum Gasteiger partial charge on any atom is -0.334 e. The van der Waals surface area contributed by atoms with Gasteiger partial charge in [0.15, 0.2) is 0 Å². The summed E-state index contributed by atoms with van der Waals surface area (Å²) in [6.07, 6.45) is 0. The van der Waals surface area contributed by atoms with Crippen molar-refractivity contribution in [2.45, 2.75) is 6.54 Å². The molecule has 0 aliphatic carbocycles. The average Bonchev–Trinajstić information content (AvgIpc) is 2.42. The lowest BCUT2D eigenvalue weighted by molar-refractivity contribution is 0.251. The molecule has 0 saturated heterocycles. The molecule has 0 unspecified atom stereocenters. The third-order valence-electron chi connectivity index (χ3n) is 2.63. The summed E-state index contributed by atoms with van der Waals surface area (Å²) in [5.74, 6) is -1.37. The number of urea groups is 1. The highest BCUT2D eigenvalue weighted by Crippen LogP contribution is 2.21. The number of amides is 2. The van der Waals surface area contributed by atoms with Gasteiger partial charge in [0.2, 0.25) is 0 Å². The molecule has 0 spiro atoms. The number of hydrogen-bond donors (Lipinski definition) is 2. The maximum absolute atomic E-state index is 13.4. The Morgan fingerprint density at radius 1 is 1.10 bits per heavy atom. The van der Waals surface area contributed by atoms with Crippen LogP contribution in [-0.2, 0) is 6.54 Å². The fourth-order valence-corrected chi connectivity index (χ4v) is 2.08. The molecule has 2 aromatic carbocycles. The standard InChI is InChI=1S/C14H10Cl2F2N2O/c15-9-2-1-8(11(16)5-9)7-19-14(21)20-13-6-10(17)3-4-12(13)18/h1-6H,7H2,(H2,19,20,21). The number of carbonyl (C=O) groups excluding carboxylic acids is 1. The zero-order chi connectivity index (χ0) is 15.4. The number of rotatable bonds is 3. The van der Waals surface area contributed by atoms with Crippen molar-refractivity contribution in [1.29, 1.82) is 0 Å². The second kappa shape index (κ2) is 6.74. The van der Waals surface area contributed by atoms with Crippen molar-refractivity contribution in [3.63, 3.8) is 0 Å². The first-order chi connectivity index (χ1) is 9.95. The monoisotopic (exact) mass is 330 g/mol. The van der Waals surface area contributed by atoms with Crippen LogP contribution in [0.1, 0.15) is 5.56 Å². The number of nitrogens with one attached hydrogen (secondary N) is 2. The first-order valence-corrected chi connectivity index (χ1v) is 6.65. The van der Waals surface area contributed by atoms with Gasteiger partial charge in [0.05, 0.1) is 5.69 Å². The summed E-state index contributed by atoms with van der Waals surface area (Å²) in [4.78, 5) is 11.6. The summed E-state index contributed by atoms with van der Waals surface area (Å²) in [5.41, 5.74) is 0.408. The lowest BCUT2D eigenvalue weighted by Crippen LogP contribution is -2.28. The number of carbonyl (C=O) groups is 1. The van der Waals surface area contributed by atoms with Crippen molar-refractivity contribution in [3.8, 4) is 0 Å². The summed E-state index contributed by atoms with van der Waals surface area (Å²) in [7, 11) is 0. The largest absolute Gasteiger partial charge is 0.334 e. The van der Waals surface area contributed by atoms with E-state index in [1.807, 2.05) is 0 Å². The van der Waals surface area contributed by atoms with Crippen molar-refractivity contribution in [1.82, 2.24) is 5.32 Å². The second-order valence-corrected chi connectivity index (χ2v) is 5.01. The van der Waals surface area contributed by atoms with Gasteiger partial charge in [0.1, 0.15) is 11.6 Å². The average molecular weight is 331 g/mol. The molecule has 21 heavy (non-hydrogen) atoms. The van der Waals surface area contributed by atoms with E-state index in [2.05, 4.69) is 10.6 Å². The molecule has 0 aliphatic heterocycles. The Bertz CT molecular complexity index is 680. The van der Waals surface area contributed by atoms with E-state index in [1.54, 1.807) is 18.2 Å². The summed E-state index contributed by atoms with van der Waals surface area (Å²) in [5, 5.41) is 5.59. The zero-order valence-electron chi connectivity index (χ0n) is 10.6. The van der Waals surface area contributed by atoms with Crippen molar-refractivity contribution < 1.29 is 13.6 Å². The quantitative estimate of drug-likeness (QED) is 0.848. The van der Waals surface area contributed by atoms with E-state index in [0.29, 0.717) is 15.6 Å². The van der Waals surface area contributed by atoms with Crippen molar-refractivity contribution in [2.75, 3.05) is 5.32 Å². The van der Waals surface area contributed by atoms with Gasteiger partial charge in [-0.3, -0.25) is 0 Å². The minimum atomic E-state index is -0.726. The van der Waals surface area contributed by atoms with Gasteiger partial charge in [0, 0.05) is 22.7 Å².